The van der Waals surface area contributed by atoms with Gasteiger partial charge in [-0.15, -0.1) is 0 Å². The fourth-order valence-corrected chi connectivity index (χ4v) is 4.83. The van der Waals surface area contributed by atoms with Crippen LogP contribution in [0.3, 0.4) is 0 Å². The number of alkyl halides is 3. The van der Waals surface area contributed by atoms with E-state index in [1.165, 1.54) is 18.9 Å². The second kappa shape index (κ2) is 15.2. The molecule has 0 bridgehead atoms. The Hall–Kier alpha value is -1.88. The molecule has 3 rings (SSSR count). The van der Waals surface area contributed by atoms with E-state index in [1.807, 2.05) is 6.07 Å². The predicted octanol–water partition coefficient (Wildman–Crippen LogP) is 6.37. The molecule has 1 aromatic carbocycles. The van der Waals surface area contributed by atoms with Crippen LogP contribution in [0.25, 0.3) is 0 Å². The average Bonchev–Trinajstić information content (AvgIpc) is 3.13. The Bertz CT molecular complexity index is 964. The molecule has 0 atom stereocenters. The van der Waals surface area contributed by atoms with E-state index < -0.39 is 30.3 Å². The van der Waals surface area contributed by atoms with Crippen LogP contribution >= 0.6 is 0 Å². The first kappa shape index (κ1) is 32.1. The SMILES string of the molecule is C.CS(=O)(=O)Nc1ccccc1.O=C1CCCCCC1.O=S(=O)(C1=CCCCCC1)C(F)(F)F. The minimum Gasteiger partial charge on any atom is -0.300 e. The van der Waals surface area contributed by atoms with Crippen molar-refractivity contribution in [3.05, 3.63) is 41.3 Å². The number of nitrogens with one attached hydrogen (secondary N) is 1. The standard InChI is InChI=1S/C8H11F3O2S.C7H9NO2S.C7H12O.CH4/c9-8(10,11)14(12,13)7-5-3-1-2-4-6-7;1-11(9,10)8-7-5-3-2-4-6-7;8-7-5-3-1-2-4-6-7;/h5H,1-4,6H2;2-6,8H,1H3;1-6H2;1H4. The van der Waals surface area contributed by atoms with E-state index in [-0.39, 0.29) is 13.8 Å². The third kappa shape index (κ3) is 13.1. The van der Waals surface area contributed by atoms with E-state index in [9.17, 15) is 34.8 Å². The summed E-state index contributed by atoms with van der Waals surface area (Å²) in [6, 6.07) is 8.76. The first-order chi connectivity index (χ1) is 15.3. The monoisotopic (exact) mass is 527 g/mol. The van der Waals surface area contributed by atoms with E-state index >= 15 is 0 Å². The van der Waals surface area contributed by atoms with E-state index in [2.05, 4.69) is 4.72 Å². The minimum atomic E-state index is -5.15. The van der Waals surface area contributed by atoms with Crippen molar-refractivity contribution in [3.63, 3.8) is 0 Å². The van der Waals surface area contributed by atoms with Gasteiger partial charge in [-0.25, -0.2) is 16.8 Å². The Kier molecular flexibility index (Phi) is 14.3. The molecule has 2 aliphatic rings. The first-order valence-corrected chi connectivity index (χ1v) is 14.3. The normalized spacial score (nSPS) is 17.2. The van der Waals surface area contributed by atoms with Crippen LogP contribution < -0.4 is 4.72 Å². The van der Waals surface area contributed by atoms with E-state index in [0.29, 0.717) is 24.3 Å². The molecule has 0 saturated heterocycles. The van der Waals surface area contributed by atoms with E-state index in [4.69, 9.17) is 0 Å². The number of sulfone groups is 1. The molecule has 34 heavy (non-hydrogen) atoms. The Balaban J connectivity index is 0.000000490. The van der Waals surface area contributed by atoms with Crippen LogP contribution in [0.15, 0.2) is 41.3 Å². The van der Waals surface area contributed by atoms with Gasteiger partial charge in [0.25, 0.3) is 9.84 Å². The number of benzene rings is 1. The lowest BCUT2D eigenvalue weighted by molar-refractivity contribution is -0.118. The predicted molar refractivity (Wildman–Crippen MR) is 130 cm³/mol. The molecule has 0 unspecified atom stereocenters. The van der Waals surface area contributed by atoms with E-state index in [1.54, 1.807) is 24.3 Å². The lowest BCUT2D eigenvalue weighted by Gasteiger charge is -2.10. The van der Waals surface area contributed by atoms with Gasteiger partial charge in [0, 0.05) is 23.4 Å². The van der Waals surface area contributed by atoms with Crippen LogP contribution in [0.2, 0.25) is 0 Å². The Labute approximate surface area is 202 Å². The Morgan fingerprint density at radius 3 is 1.79 bits per heavy atom. The molecule has 1 fully saturated rings. The highest BCUT2D eigenvalue weighted by atomic mass is 32.2. The molecule has 1 N–H and O–H groups in total. The van der Waals surface area contributed by atoms with Gasteiger partial charge in [-0.3, -0.25) is 9.52 Å². The summed E-state index contributed by atoms with van der Waals surface area (Å²) in [5.74, 6) is 0.475. The van der Waals surface area contributed by atoms with Gasteiger partial charge in [0.15, 0.2) is 0 Å². The molecule has 11 heteroatoms. The van der Waals surface area contributed by atoms with Crippen LogP contribution in [-0.4, -0.2) is 34.4 Å². The van der Waals surface area contributed by atoms with Crippen molar-refractivity contribution in [2.24, 2.45) is 0 Å². The number of Topliss-reactive ketones (excluding diaryl/α,β-unsaturated/α-hetero) is 1. The van der Waals surface area contributed by atoms with Crippen molar-refractivity contribution >= 4 is 31.3 Å². The van der Waals surface area contributed by atoms with Gasteiger partial charge >= 0.3 is 5.51 Å². The summed E-state index contributed by atoms with van der Waals surface area (Å²) in [4.78, 5) is 10.2. The zero-order chi connectivity index (χ0) is 25.0. The number of anilines is 1. The topological polar surface area (TPSA) is 97.4 Å². The Morgan fingerprint density at radius 2 is 1.29 bits per heavy atom. The number of hydrogen-bond acceptors (Lipinski definition) is 5. The molecule has 0 amide bonds. The molecular formula is C23H36F3NO5S2. The first-order valence-electron chi connectivity index (χ1n) is 10.9. The molecule has 2 aliphatic carbocycles. The summed E-state index contributed by atoms with van der Waals surface area (Å²) < 4.78 is 82.0. The molecule has 0 aliphatic heterocycles. The summed E-state index contributed by atoms with van der Waals surface area (Å²) >= 11 is 0. The maximum atomic E-state index is 12.1. The highest BCUT2D eigenvalue weighted by Gasteiger charge is 2.47. The minimum absolute atomic E-state index is 0. The lowest BCUT2D eigenvalue weighted by Crippen LogP contribution is -2.24. The summed E-state index contributed by atoms with van der Waals surface area (Å²) in [5, 5.41) is 0. The molecule has 0 spiro atoms. The zero-order valence-corrected chi connectivity index (χ0v) is 20.4. The maximum Gasteiger partial charge on any atom is 0.501 e. The van der Waals surface area contributed by atoms with Crippen LogP contribution in [-0.2, 0) is 24.7 Å². The molecule has 0 radical (unpaired) electrons. The largest absolute Gasteiger partial charge is 0.501 e. The second-order valence-electron chi connectivity index (χ2n) is 7.91. The number of ketones is 1. The van der Waals surface area contributed by atoms with Gasteiger partial charge in [0.1, 0.15) is 5.78 Å². The van der Waals surface area contributed by atoms with Crippen molar-refractivity contribution in [1.82, 2.24) is 0 Å². The number of sulfonamides is 1. The van der Waals surface area contributed by atoms with Crippen LogP contribution in [0.5, 0.6) is 0 Å². The summed E-state index contributed by atoms with van der Waals surface area (Å²) in [7, 11) is -8.19. The fraction of sp³-hybridized carbons (Fsp3) is 0.609. The maximum absolute atomic E-state index is 12.1. The Morgan fingerprint density at radius 1 is 0.794 bits per heavy atom. The van der Waals surface area contributed by atoms with Crippen LogP contribution in [0, 0.1) is 0 Å². The quantitative estimate of drug-likeness (QED) is 0.461. The number of rotatable bonds is 3. The molecular weight excluding hydrogens is 491 g/mol. The fourth-order valence-electron chi connectivity index (χ4n) is 3.22. The van der Waals surface area contributed by atoms with Crippen LogP contribution in [0.1, 0.15) is 78.1 Å². The highest BCUT2D eigenvalue weighted by molar-refractivity contribution is 7.96. The molecule has 1 aromatic rings. The van der Waals surface area contributed by atoms with Gasteiger partial charge < -0.3 is 0 Å². The summed E-state index contributed by atoms with van der Waals surface area (Å²) in [6.45, 7) is 0. The molecule has 0 aromatic heterocycles. The number of allylic oxidation sites excluding steroid dienone is 2. The zero-order valence-electron chi connectivity index (χ0n) is 18.7. The van der Waals surface area contributed by atoms with E-state index in [0.717, 1.165) is 44.8 Å². The average molecular weight is 528 g/mol. The molecule has 196 valence electrons. The van der Waals surface area contributed by atoms with Gasteiger partial charge in [-0.2, -0.15) is 13.2 Å². The second-order valence-corrected chi connectivity index (χ2v) is 11.7. The number of halogens is 3. The van der Waals surface area contributed by atoms with Crippen LogP contribution in [0.4, 0.5) is 18.9 Å². The summed E-state index contributed by atoms with van der Waals surface area (Å²) in [6.07, 6.45) is 11.3. The smallest absolute Gasteiger partial charge is 0.300 e. The van der Waals surface area contributed by atoms with Gasteiger partial charge in [0.05, 0.1) is 6.26 Å². The van der Waals surface area contributed by atoms with Crippen molar-refractivity contribution in [1.29, 1.82) is 0 Å². The molecule has 0 heterocycles. The molecule has 1 saturated carbocycles. The van der Waals surface area contributed by atoms with Gasteiger partial charge in [-0.05, 0) is 50.7 Å². The molecule has 6 nitrogen and oxygen atoms in total. The third-order valence-corrected chi connectivity index (χ3v) is 7.16. The number of carbonyl (C=O) groups excluding carboxylic acids is 1. The highest BCUT2D eigenvalue weighted by Crippen LogP contribution is 2.33. The van der Waals surface area contributed by atoms with Crippen molar-refractivity contribution in [2.75, 3.05) is 11.0 Å². The number of para-hydroxylation sites is 1. The van der Waals surface area contributed by atoms with Crippen molar-refractivity contribution in [3.8, 4) is 0 Å². The van der Waals surface area contributed by atoms with Gasteiger partial charge in [-0.1, -0.05) is 51.0 Å². The number of hydrogen-bond donors (Lipinski definition) is 1. The third-order valence-electron chi connectivity index (χ3n) is 4.89. The van der Waals surface area contributed by atoms with Gasteiger partial charge in [0.2, 0.25) is 10.0 Å². The van der Waals surface area contributed by atoms with Crippen molar-refractivity contribution < 1.29 is 34.8 Å². The summed E-state index contributed by atoms with van der Waals surface area (Å²) in [5.41, 5.74) is -4.56. The van der Waals surface area contributed by atoms with Crippen molar-refractivity contribution in [2.45, 2.75) is 83.6 Å². The number of carbonyl (C=O) groups is 1. The lowest BCUT2D eigenvalue weighted by atomic mass is 10.2.